The van der Waals surface area contributed by atoms with Gasteiger partial charge in [0.25, 0.3) is 5.91 Å². The molecule has 1 fully saturated rings. The minimum Gasteiger partial charge on any atom is -0.508 e. The number of aryl methyl sites for hydroxylation is 1. The van der Waals surface area contributed by atoms with Crippen molar-refractivity contribution in [1.29, 1.82) is 0 Å². The molecule has 0 atom stereocenters. The number of phenols is 1. The van der Waals surface area contributed by atoms with Crippen molar-refractivity contribution in [2.24, 2.45) is 0 Å². The highest BCUT2D eigenvalue weighted by atomic mass is 35.5. The van der Waals surface area contributed by atoms with E-state index in [1.165, 1.54) is 4.90 Å². The van der Waals surface area contributed by atoms with Gasteiger partial charge in [0, 0.05) is 5.02 Å². The zero-order valence-electron chi connectivity index (χ0n) is 12.2. The van der Waals surface area contributed by atoms with E-state index in [-0.39, 0.29) is 11.7 Å². The van der Waals surface area contributed by atoms with Crippen LogP contribution in [0.1, 0.15) is 11.1 Å². The Morgan fingerprint density at radius 2 is 2.04 bits per heavy atom. The number of hydrogen-bond donors (Lipinski definition) is 2. The van der Waals surface area contributed by atoms with Crippen LogP contribution in [-0.4, -0.2) is 16.1 Å². The highest BCUT2D eigenvalue weighted by molar-refractivity contribution is 7.80. The summed E-state index contributed by atoms with van der Waals surface area (Å²) in [6.07, 6.45) is 1.64. The first-order valence-corrected chi connectivity index (χ1v) is 7.66. The molecule has 4 nitrogen and oxygen atoms in total. The zero-order chi connectivity index (χ0) is 16.6. The monoisotopic (exact) mass is 344 g/mol. The number of nitrogens with zero attached hydrogens (tertiary/aromatic N) is 1. The number of aromatic hydroxyl groups is 1. The molecule has 0 saturated carbocycles. The van der Waals surface area contributed by atoms with Crippen LogP contribution in [0.15, 0.2) is 48.2 Å². The molecule has 0 unspecified atom stereocenters. The lowest BCUT2D eigenvalue weighted by Gasteiger charge is -2.14. The number of carbonyl (C=O) groups excluding carboxylic acids is 1. The summed E-state index contributed by atoms with van der Waals surface area (Å²) in [5.41, 5.74) is 2.59. The lowest BCUT2D eigenvalue weighted by molar-refractivity contribution is -0.113. The number of carbonyl (C=O) groups is 1. The smallest absolute Gasteiger partial charge is 0.281 e. The van der Waals surface area contributed by atoms with Crippen LogP contribution in [-0.2, 0) is 4.79 Å². The Bertz CT molecular complexity index is 848. The van der Waals surface area contributed by atoms with Gasteiger partial charge in [-0.25, -0.2) is 0 Å². The van der Waals surface area contributed by atoms with Crippen LogP contribution in [0.4, 0.5) is 5.69 Å². The Morgan fingerprint density at radius 1 is 1.26 bits per heavy atom. The Labute approximate surface area is 144 Å². The first-order valence-electron chi connectivity index (χ1n) is 6.88. The van der Waals surface area contributed by atoms with Gasteiger partial charge in [0.1, 0.15) is 11.4 Å². The molecular formula is C17H13ClN2O2S. The molecule has 116 valence electrons. The number of phenolic OH excluding ortho intramolecular Hbond substituents is 1. The van der Waals surface area contributed by atoms with Crippen LogP contribution >= 0.6 is 23.8 Å². The molecule has 0 aromatic heterocycles. The largest absolute Gasteiger partial charge is 0.508 e. The average Bonchev–Trinajstić information content (AvgIpc) is 2.77. The molecule has 1 aliphatic heterocycles. The summed E-state index contributed by atoms with van der Waals surface area (Å²) in [6, 6.07) is 12.0. The number of amides is 1. The molecule has 1 saturated heterocycles. The zero-order valence-corrected chi connectivity index (χ0v) is 13.8. The van der Waals surface area contributed by atoms with Crippen molar-refractivity contribution in [3.63, 3.8) is 0 Å². The van der Waals surface area contributed by atoms with Crippen LogP contribution < -0.4 is 10.2 Å². The first kappa shape index (κ1) is 15.5. The summed E-state index contributed by atoms with van der Waals surface area (Å²) in [4.78, 5) is 14.0. The van der Waals surface area contributed by atoms with Gasteiger partial charge in [-0.15, -0.1) is 0 Å². The van der Waals surface area contributed by atoms with E-state index in [9.17, 15) is 9.90 Å². The SMILES string of the molecule is Cc1ccc(N2C(=O)/C(=C\c3cccc(O)c3)NC2=S)cc1Cl. The standard InChI is InChI=1S/C17H13ClN2O2S/c1-10-5-6-12(9-14(10)18)20-16(22)15(19-17(20)23)8-11-3-2-4-13(21)7-11/h2-9,21H,1H3,(H,19,23)/b15-8+. The molecule has 0 radical (unpaired) electrons. The van der Waals surface area contributed by atoms with Gasteiger partial charge >= 0.3 is 0 Å². The van der Waals surface area contributed by atoms with E-state index in [1.54, 1.807) is 42.5 Å². The minimum atomic E-state index is -0.265. The lowest BCUT2D eigenvalue weighted by Crippen LogP contribution is -2.30. The maximum atomic E-state index is 12.6. The summed E-state index contributed by atoms with van der Waals surface area (Å²) < 4.78 is 0. The average molecular weight is 345 g/mol. The number of halogens is 1. The fraction of sp³-hybridized carbons (Fsp3) is 0.0588. The van der Waals surface area contributed by atoms with E-state index in [2.05, 4.69) is 5.32 Å². The van der Waals surface area contributed by atoms with E-state index in [1.807, 2.05) is 13.0 Å². The molecule has 23 heavy (non-hydrogen) atoms. The van der Waals surface area contributed by atoms with Crippen molar-refractivity contribution < 1.29 is 9.90 Å². The second-order valence-electron chi connectivity index (χ2n) is 5.16. The van der Waals surface area contributed by atoms with Gasteiger partial charge in [-0.2, -0.15) is 0 Å². The number of thiocarbonyl (C=S) groups is 1. The molecule has 1 aliphatic rings. The number of anilines is 1. The highest BCUT2D eigenvalue weighted by Gasteiger charge is 2.32. The maximum absolute atomic E-state index is 12.6. The van der Waals surface area contributed by atoms with Gasteiger partial charge in [0.05, 0.1) is 5.69 Å². The molecule has 1 amide bonds. The summed E-state index contributed by atoms with van der Waals surface area (Å²) in [5.74, 6) is -0.132. The second-order valence-corrected chi connectivity index (χ2v) is 5.95. The van der Waals surface area contributed by atoms with E-state index in [0.29, 0.717) is 27.1 Å². The number of rotatable bonds is 2. The normalized spacial score (nSPS) is 16.1. The van der Waals surface area contributed by atoms with Crippen molar-refractivity contribution >= 4 is 46.6 Å². The topological polar surface area (TPSA) is 52.6 Å². The van der Waals surface area contributed by atoms with Crippen molar-refractivity contribution in [3.05, 3.63) is 64.3 Å². The summed E-state index contributed by atoms with van der Waals surface area (Å²) >= 11 is 11.4. The summed E-state index contributed by atoms with van der Waals surface area (Å²) in [7, 11) is 0. The van der Waals surface area contributed by atoms with E-state index >= 15 is 0 Å². The Morgan fingerprint density at radius 3 is 2.74 bits per heavy atom. The van der Waals surface area contributed by atoms with Crippen LogP contribution in [0.5, 0.6) is 5.75 Å². The lowest BCUT2D eigenvalue weighted by atomic mass is 10.1. The van der Waals surface area contributed by atoms with E-state index in [4.69, 9.17) is 23.8 Å². The predicted octanol–water partition coefficient (Wildman–Crippen LogP) is 3.62. The Hall–Kier alpha value is -2.37. The third-order valence-electron chi connectivity index (χ3n) is 3.47. The molecule has 0 spiro atoms. The van der Waals surface area contributed by atoms with Crippen molar-refractivity contribution in [3.8, 4) is 5.75 Å². The van der Waals surface area contributed by atoms with Crippen LogP contribution in [0.25, 0.3) is 6.08 Å². The first-order chi connectivity index (χ1) is 11.0. The Kier molecular flexibility index (Phi) is 4.07. The number of nitrogens with one attached hydrogen (secondary N) is 1. The third-order valence-corrected chi connectivity index (χ3v) is 4.16. The number of benzene rings is 2. The Balaban J connectivity index is 1.95. The quantitative estimate of drug-likeness (QED) is 0.645. The van der Waals surface area contributed by atoms with Crippen LogP contribution in [0.2, 0.25) is 5.02 Å². The third kappa shape index (κ3) is 3.06. The molecule has 1 heterocycles. The van der Waals surface area contributed by atoms with Crippen LogP contribution in [0.3, 0.4) is 0 Å². The molecule has 3 rings (SSSR count). The fourth-order valence-electron chi connectivity index (χ4n) is 2.27. The molecule has 2 N–H and O–H groups in total. The van der Waals surface area contributed by atoms with Crippen molar-refractivity contribution in [2.75, 3.05) is 4.90 Å². The van der Waals surface area contributed by atoms with Crippen molar-refractivity contribution in [2.45, 2.75) is 6.92 Å². The van der Waals surface area contributed by atoms with Gasteiger partial charge in [-0.3, -0.25) is 9.69 Å². The molecule has 0 bridgehead atoms. The molecular weight excluding hydrogens is 332 g/mol. The maximum Gasteiger partial charge on any atom is 0.281 e. The molecule has 2 aromatic rings. The summed E-state index contributed by atoms with van der Waals surface area (Å²) in [5, 5.41) is 13.3. The van der Waals surface area contributed by atoms with Gasteiger partial charge in [-0.1, -0.05) is 29.8 Å². The molecule has 6 heteroatoms. The van der Waals surface area contributed by atoms with Crippen molar-refractivity contribution in [1.82, 2.24) is 5.32 Å². The molecule has 0 aliphatic carbocycles. The second kappa shape index (κ2) is 6.02. The van der Waals surface area contributed by atoms with Gasteiger partial charge in [0.2, 0.25) is 0 Å². The number of hydrogen-bond acceptors (Lipinski definition) is 3. The van der Waals surface area contributed by atoms with Gasteiger partial charge in [0.15, 0.2) is 5.11 Å². The summed E-state index contributed by atoms with van der Waals surface area (Å²) in [6.45, 7) is 1.89. The fourth-order valence-corrected chi connectivity index (χ4v) is 2.74. The molecule has 2 aromatic carbocycles. The van der Waals surface area contributed by atoms with Crippen LogP contribution in [0, 0.1) is 6.92 Å². The van der Waals surface area contributed by atoms with E-state index in [0.717, 1.165) is 5.56 Å². The van der Waals surface area contributed by atoms with E-state index < -0.39 is 0 Å². The minimum absolute atomic E-state index is 0.134. The predicted molar refractivity (Wildman–Crippen MR) is 95.5 cm³/mol. The highest BCUT2D eigenvalue weighted by Crippen LogP contribution is 2.27. The van der Waals surface area contributed by atoms with Gasteiger partial charge in [-0.05, 0) is 60.6 Å². The van der Waals surface area contributed by atoms with Gasteiger partial charge < -0.3 is 10.4 Å².